The Bertz CT molecular complexity index is 534. The van der Waals surface area contributed by atoms with Crippen molar-refractivity contribution >= 4 is 12.4 Å². The van der Waals surface area contributed by atoms with Gasteiger partial charge in [-0.15, -0.1) is 12.4 Å². The van der Waals surface area contributed by atoms with E-state index >= 15 is 0 Å². The van der Waals surface area contributed by atoms with Crippen molar-refractivity contribution in [3.05, 3.63) is 29.8 Å². The number of benzene rings is 1. The maximum absolute atomic E-state index is 9.95. The van der Waals surface area contributed by atoms with Gasteiger partial charge >= 0.3 is 0 Å². The van der Waals surface area contributed by atoms with E-state index in [1.807, 2.05) is 12.1 Å². The summed E-state index contributed by atoms with van der Waals surface area (Å²) in [6.45, 7) is 6.10. The first-order valence-corrected chi connectivity index (χ1v) is 8.96. The Morgan fingerprint density at radius 2 is 1.79 bits per heavy atom. The van der Waals surface area contributed by atoms with Crippen molar-refractivity contribution in [3.8, 4) is 5.75 Å². The molecule has 3 N–H and O–H groups in total. The summed E-state index contributed by atoms with van der Waals surface area (Å²) in [5.74, 6) is 1.30. The van der Waals surface area contributed by atoms with E-state index in [4.69, 9.17) is 0 Å². The lowest BCUT2D eigenvalue weighted by Gasteiger charge is -2.56. The van der Waals surface area contributed by atoms with Crippen LogP contribution in [0.15, 0.2) is 24.3 Å². The minimum Gasteiger partial charge on any atom is -0.508 e. The minimum atomic E-state index is 0. The van der Waals surface area contributed by atoms with Crippen LogP contribution in [0.3, 0.4) is 0 Å². The van der Waals surface area contributed by atoms with E-state index < -0.39 is 0 Å². The molecule has 2 saturated carbocycles. The molecule has 0 amide bonds. The quantitative estimate of drug-likeness (QED) is 0.874. The molecule has 3 rings (SSSR count). The second kappa shape index (κ2) is 8.07. The van der Waals surface area contributed by atoms with Crippen LogP contribution < -0.4 is 0 Å². The van der Waals surface area contributed by atoms with E-state index in [9.17, 15) is 5.11 Å². The summed E-state index contributed by atoms with van der Waals surface area (Å²) in [5.41, 5.74) is 1.59. The van der Waals surface area contributed by atoms with Crippen LogP contribution in [-0.4, -0.2) is 34.6 Å². The van der Waals surface area contributed by atoms with E-state index in [2.05, 4.69) is 31.9 Å². The molecule has 4 heteroatoms. The van der Waals surface area contributed by atoms with Gasteiger partial charge in [-0.25, -0.2) is 0 Å². The fraction of sp³-hybridized carbons (Fsp3) is 0.700. The van der Waals surface area contributed by atoms with Gasteiger partial charge in [0, 0.05) is 17.5 Å². The van der Waals surface area contributed by atoms with Crippen molar-refractivity contribution in [1.82, 2.24) is 4.90 Å². The Morgan fingerprint density at radius 1 is 1.12 bits per heavy atom. The molecule has 0 aliphatic heterocycles. The molecule has 2 fully saturated rings. The first-order chi connectivity index (χ1) is 10.5. The molecule has 0 saturated heterocycles. The van der Waals surface area contributed by atoms with Gasteiger partial charge < -0.3 is 10.6 Å². The average Bonchev–Trinajstić information content (AvgIpc) is 2.46. The number of halogens is 1. The van der Waals surface area contributed by atoms with E-state index in [1.165, 1.54) is 57.1 Å². The highest BCUT2D eigenvalue weighted by Gasteiger charge is 2.50. The lowest BCUT2D eigenvalue weighted by atomic mass is 9.58. The maximum Gasteiger partial charge on any atom is 0.115 e. The number of aromatic hydroxyl groups is 1. The first-order valence-electron chi connectivity index (χ1n) is 8.96. The van der Waals surface area contributed by atoms with E-state index in [0.29, 0.717) is 5.75 Å². The van der Waals surface area contributed by atoms with Crippen LogP contribution >= 0.6 is 12.4 Å². The third kappa shape index (κ3) is 3.58. The number of nitrogens with zero attached hydrogens (tertiary/aromatic N) is 1. The smallest absolute Gasteiger partial charge is 0.115 e. The Hall–Kier alpha value is -0.770. The summed E-state index contributed by atoms with van der Waals surface area (Å²) in [7, 11) is 2.32. The zero-order chi connectivity index (χ0) is 15.8. The molecule has 138 valence electrons. The minimum absolute atomic E-state index is 0. The zero-order valence-corrected chi connectivity index (χ0v) is 16.2. The molecular weight excluding hydrogens is 322 g/mol. The molecule has 2 aliphatic carbocycles. The number of rotatable bonds is 4. The Labute approximate surface area is 153 Å². The van der Waals surface area contributed by atoms with Crippen molar-refractivity contribution in [2.45, 2.75) is 69.7 Å². The van der Waals surface area contributed by atoms with Crippen LogP contribution in [0.25, 0.3) is 0 Å². The Morgan fingerprint density at radius 3 is 2.38 bits per heavy atom. The third-order valence-electron chi connectivity index (χ3n) is 6.86. The summed E-state index contributed by atoms with van der Waals surface area (Å²) < 4.78 is 0. The highest BCUT2D eigenvalue weighted by molar-refractivity contribution is 5.85. The number of hydrogen-bond donors (Lipinski definition) is 1. The molecule has 3 nitrogen and oxygen atoms in total. The Balaban J connectivity index is 0.00000144. The van der Waals surface area contributed by atoms with Crippen molar-refractivity contribution in [2.75, 3.05) is 13.6 Å². The molecule has 24 heavy (non-hydrogen) atoms. The van der Waals surface area contributed by atoms with E-state index in [0.717, 1.165) is 5.92 Å². The standard InChI is InChI=1S/C20H31NO.ClH.H2O/c1-19(17-10-7-11-18(22)14-17)12-4-5-13-20(19,2)21(3)15-16-8-6-9-16;;/h7,10-11,14,16,22H,4-6,8-9,12-13,15H2,1-3H3;1H;1H2. The zero-order valence-electron chi connectivity index (χ0n) is 15.3. The number of likely N-dealkylation sites (N-methyl/N-ethyl adjacent to an activating group) is 1. The molecule has 0 heterocycles. The largest absolute Gasteiger partial charge is 0.508 e. The summed E-state index contributed by atoms with van der Waals surface area (Å²) in [6.07, 6.45) is 9.30. The van der Waals surface area contributed by atoms with E-state index in [1.54, 1.807) is 6.07 Å². The molecule has 0 radical (unpaired) electrons. The summed E-state index contributed by atoms with van der Waals surface area (Å²) in [5, 5.41) is 9.95. The molecule has 0 spiro atoms. The lowest BCUT2D eigenvalue weighted by molar-refractivity contribution is -0.00106. The van der Waals surface area contributed by atoms with Crippen LogP contribution in [0, 0.1) is 5.92 Å². The van der Waals surface area contributed by atoms with Gasteiger partial charge in [0.05, 0.1) is 0 Å². The lowest BCUT2D eigenvalue weighted by Crippen LogP contribution is -2.60. The average molecular weight is 356 g/mol. The van der Waals surface area contributed by atoms with Crippen molar-refractivity contribution in [2.24, 2.45) is 5.92 Å². The number of hydrogen-bond acceptors (Lipinski definition) is 2. The second-order valence-corrected chi connectivity index (χ2v) is 8.04. The molecule has 1 aromatic carbocycles. The van der Waals surface area contributed by atoms with Crippen LogP contribution in [0.1, 0.15) is 64.4 Å². The first kappa shape index (κ1) is 21.3. The van der Waals surface area contributed by atoms with Gasteiger partial charge in [-0.1, -0.05) is 38.3 Å². The summed E-state index contributed by atoms with van der Waals surface area (Å²) >= 11 is 0. The van der Waals surface area contributed by atoms with Crippen LogP contribution in [0.2, 0.25) is 0 Å². The SMILES string of the molecule is CN(CC1CCC1)C1(C)CCCCC1(C)c1cccc(O)c1.Cl.O. The van der Waals surface area contributed by atoms with Gasteiger partial charge in [0.2, 0.25) is 0 Å². The second-order valence-electron chi connectivity index (χ2n) is 8.04. The predicted molar refractivity (Wildman–Crippen MR) is 103 cm³/mol. The fourth-order valence-electron chi connectivity index (χ4n) is 4.67. The molecule has 2 aliphatic rings. The van der Waals surface area contributed by atoms with Crippen LogP contribution in [0.5, 0.6) is 5.75 Å². The topological polar surface area (TPSA) is 55.0 Å². The monoisotopic (exact) mass is 355 g/mol. The molecular formula is C20H34ClNO2. The van der Waals surface area contributed by atoms with Crippen molar-refractivity contribution in [1.29, 1.82) is 0 Å². The van der Waals surface area contributed by atoms with Crippen molar-refractivity contribution in [3.63, 3.8) is 0 Å². The van der Waals surface area contributed by atoms with Gasteiger partial charge in [-0.2, -0.15) is 0 Å². The molecule has 1 aromatic rings. The molecule has 2 atom stereocenters. The van der Waals surface area contributed by atoms with Gasteiger partial charge in [-0.05, 0) is 63.3 Å². The van der Waals surface area contributed by atoms with Crippen LogP contribution in [0.4, 0.5) is 0 Å². The van der Waals surface area contributed by atoms with Gasteiger partial charge in [0.15, 0.2) is 0 Å². The van der Waals surface area contributed by atoms with Crippen LogP contribution in [-0.2, 0) is 5.41 Å². The maximum atomic E-state index is 9.95. The van der Waals surface area contributed by atoms with Gasteiger partial charge in [0.1, 0.15) is 5.75 Å². The van der Waals surface area contributed by atoms with Gasteiger partial charge in [0.25, 0.3) is 0 Å². The summed E-state index contributed by atoms with van der Waals surface area (Å²) in [6, 6.07) is 7.98. The fourth-order valence-corrected chi connectivity index (χ4v) is 4.67. The highest BCUT2D eigenvalue weighted by Crippen LogP contribution is 2.50. The highest BCUT2D eigenvalue weighted by atomic mass is 35.5. The number of phenols is 1. The third-order valence-corrected chi connectivity index (χ3v) is 6.86. The molecule has 0 bridgehead atoms. The predicted octanol–water partition coefficient (Wildman–Crippen LogP) is 4.31. The number of phenolic OH excluding ortho intramolecular Hbond substituents is 1. The van der Waals surface area contributed by atoms with Crippen molar-refractivity contribution < 1.29 is 10.6 Å². The Kier molecular flexibility index (Phi) is 7.16. The van der Waals surface area contributed by atoms with Gasteiger partial charge in [-0.3, -0.25) is 4.90 Å². The molecule has 0 aromatic heterocycles. The van der Waals surface area contributed by atoms with E-state index in [-0.39, 0.29) is 28.8 Å². The normalized spacial score (nSPS) is 30.2. The molecule has 2 unspecified atom stereocenters. The summed E-state index contributed by atoms with van der Waals surface area (Å²) in [4.78, 5) is 2.64.